The highest BCUT2D eigenvalue weighted by Crippen LogP contribution is 2.60. The Labute approximate surface area is 130 Å². The third-order valence-electron chi connectivity index (χ3n) is 6.65. The number of hydrogen-bond donors (Lipinski definition) is 3. The number of phenolic OH excluding ortho intramolecular Hbond substituents is 1. The normalized spacial score (nSPS) is 41.8. The lowest BCUT2D eigenvalue weighted by Crippen LogP contribution is -2.44. The summed E-state index contributed by atoms with van der Waals surface area (Å²) in [5.41, 5.74) is 3.06. The van der Waals surface area contributed by atoms with Crippen molar-refractivity contribution in [2.45, 2.75) is 51.0 Å². The molecule has 4 heteroatoms. The van der Waals surface area contributed by atoms with Gasteiger partial charge in [0.15, 0.2) is 0 Å². The number of aliphatic hydroxyl groups is 1. The van der Waals surface area contributed by atoms with Gasteiger partial charge in [-0.2, -0.15) is 0 Å². The molecule has 0 saturated heterocycles. The summed E-state index contributed by atoms with van der Waals surface area (Å²) in [5, 5.41) is 32.8. The molecule has 5 atom stereocenters. The predicted octanol–water partition coefficient (Wildman–Crippen LogP) is 3.05. The molecule has 0 amide bonds. The minimum Gasteiger partial charge on any atom is -0.508 e. The second-order valence-corrected chi connectivity index (χ2v) is 7.54. The van der Waals surface area contributed by atoms with Crippen LogP contribution in [0, 0.1) is 17.3 Å². The summed E-state index contributed by atoms with van der Waals surface area (Å²) < 4.78 is 0. The van der Waals surface area contributed by atoms with E-state index in [1.165, 1.54) is 11.1 Å². The van der Waals surface area contributed by atoms with Gasteiger partial charge in [-0.25, -0.2) is 0 Å². The molecule has 0 spiro atoms. The fourth-order valence-corrected chi connectivity index (χ4v) is 5.45. The molecule has 4 rings (SSSR count). The maximum Gasteiger partial charge on any atom is 0.115 e. The molecule has 0 aliphatic heterocycles. The molecule has 3 N–H and O–H groups in total. The Kier molecular flexibility index (Phi) is 3.02. The number of aromatic hydroxyl groups is 1. The Morgan fingerprint density at radius 1 is 1.27 bits per heavy atom. The Hall–Kier alpha value is -1.55. The Morgan fingerprint density at radius 2 is 2.09 bits per heavy atom. The van der Waals surface area contributed by atoms with Crippen LogP contribution in [0.15, 0.2) is 23.4 Å². The van der Waals surface area contributed by atoms with Crippen LogP contribution in [0.5, 0.6) is 5.75 Å². The summed E-state index contributed by atoms with van der Waals surface area (Å²) in [7, 11) is 0. The lowest BCUT2D eigenvalue weighted by Gasteiger charge is -2.49. The van der Waals surface area contributed by atoms with Gasteiger partial charge in [0.1, 0.15) is 11.9 Å². The van der Waals surface area contributed by atoms with Gasteiger partial charge >= 0.3 is 0 Å². The fraction of sp³-hybridized carbons (Fsp3) is 0.611. The monoisotopic (exact) mass is 301 g/mol. The SMILES string of the molecule is C[C@@]12CC[C@H]3c4ccc(O)cc4CC[C@@H]3[C@H]1C/C(=N\O)[C@@H]2O. The van der Waals surface area contributed by atoms with Crippen LogP contribution in [0.2, 0.25) is 0 Å². The first-order valence-electron chi connectivity index (χ1n) is 8.25. The summed E-state index contributed by atoms with van der Waals surface area (Å²) in [4.78, 5) is 0. The lowest BCUT2D eigenvalue weighted by atomic mass is 9.55. The van der Waals surface area contributed by atoms with Gasteiger partial charge in [0.25, 0.3) is 0 Å². The number of phenols is 1. The van der Waals surface area contributed by atoms with Crippen molar-refractivity contribution in [3.63, 3.8) is 0 Å². The van der Waals surface area contributed by atoms with E-state index in [-0.39, 0.29) is 5.41 Å². The summed E-state index contributed by atoms with van der Waals surface area (Å²) in [6, 6.07) is 5.78. The summed E-state index contributed by atoms with van der Waals surface area (Å²) in [6.07, 6.45) is 4.20. The highest BCUT2D eigenvalue weighted by Gasteiger charge is 2.57. The number of aliphatic hydroxyl groups excluding tert-OH is 1. The molecular formula is C18H23NO3. The van der Waals surface area contributed by atoms with Crippen molar-refractivity contribution in [2.24, 2.45) is 22.4 Å². The summed E-state index contributed by atoms with van der Waals surface area (Å²) >= 11 is 0. The first-order valence-corrected chi connectivity index (χ1v) is 8.25. The minimum atomic E-state index is -0.607. The molecule has 3 aliphatic carbocycles. The van der Waals surface area contributed by atoms with Crippen LogP contribution in [0.25, 0.3) is 0 Å². The molecule has 0 aromatic heterocycles. The molecule has 22 heavy (non-hydrogen) atoms. The van der Waals surface area contributed by atoms with Crippen LogP contribution < -0.4 is 0 Å². The largest absolute Gasteiger partial charge is 0.508 e. The summed E-state index contributed by atoms with van der Waals surface area (Å²) in [5.74, 6) is 1.77. The average molecular weight is 301 g/mol. The van der Waals surface area contributed by atoms with E-state index < -0.39 is 6.10 Å². The van der Waals surface area contributed by atoms with Crippen molar-refractivity contribution in [3.05, 3.63) is 29.3 Å². The van der Waals surface area contributed by atoms with Gasteiger partial charge in [-0.05, 0) is 73.1 Å². The molecule has 1 aromatic carbocycles. The number of aryl methyl sites for hydroxylation is 1. The van der Waals surface area contributed by atoms with E-state index in [2.05, 4.69) is 18.1 Å². The van der Waals surface area contributed by atoms with E-state index in [0.29, 0.717) is 35.6 Å². The molecule has 0 bridgehead atoms. The van der Waals surface area contributed by atoms with Crippen molar-refractivity contribution >= 4 is 5.71 Å². The first-order chi connectivity index (χ1) is 10.5. The highest BCUT2D eigenvalue weighted by atomic mass is 16.4. The van der Waals surface area contributed by atoms with Gasteiger partial charge in [0.05, 0.1) is 5.71 Å². The number of benzene rings is 1. The second-order valence-electron chi connectivity index (χ2n) is 7.54. The molecule has 118 valence electrons. The maximum atomic E-state index is 10.5. The first kappa shape index (κ1) is 14.1. The molecule has 0 unspecified atom stereocenters. The standard InChI is InChI=1S/C18H23NO3/c1-18-7-6-13-12-5-3-11(20)8-10(12)2-4-14(13)15(18)9-16(19-22)17(18)21/h3,5,8,13-15,17,20-22H,2,4,6-7,9H2,1H3/b19-16+/t13-,14-,15+,17-,18+/m0/s1. The molecular weight excluding hydrogens is 278 g/mol. The third-order valence-corrected chi connectivity index (χ3v) is 6.65. The van der Waals surface area contributed by atoms with E-state index in [0.717, 1.165) is 25.7 Å². The van der Waals surface area contributed by atoms with E-state index in [1.807, 2.05) is 6.07 Å². The predicted molar refractivity (Wildman–Crippen MR) is 83.3 cm³/mol. The Balaban J connectivity index is 1.72. The zero-order chi connectivity index (χ0) is 15.5. The van der Waals surface area contributed by atoms with Crippen molar-refractivity contribution < 1.29 is 15.4 Å². The van der Waals surface area contributed by atoms with Gasteiger partial charge in [-0.1, -0.05) is 18.1 Å². The number of fused-ring (bicyclic) bond motifs is 5. The molecule has 4 nitrogen and oxygen atoms in total. The van der Waals surface area contributed by atoms with E-state index in [9.17, 15) is 15.4 Å². The van der Waals surface area contributed by atoms with Crippen LogP contribution in [-0.4, -0.2) is 27.2 Å². The average Bonchev–Trinajstić information content (AvgIpc) is 2.78. The number of hydrogen-bond acceptors (Lipinski definition) is 4. The molecule has 1 aromatic rings. The van der Waals surface area contributed by atoms with Crippen molar-refractivity contribution in [3.8, 4) is 5.75 Å². The molecule has 2 fully saturated rings. The highest BCUT2D eigenvalue weighted by molar-refractivity contribution is 5.91. The Morgan fingerprint density at radius 3 is 2.86 bits per heavy atom. The number of oxime groups is 1. The maximum absolute atomic E-state index is 10.5. The minimum absolute atomic E-state index is 0.156. The van der Waals surface area contributed by atoms with Crippen LogP contribution in [-0.2, 0) is 6.42 Å². The van der Waals surface area contributed by atoms with Crippen LogP contribution in [0.1, 0.15) is 49.7 Å². The molecule has 3 aliphatic rings. The number of nitrogens with zero attached hydrogens (tertiary/aromatic N) is 1. The van der Waals surface area contributed by atoms with Crippen LogP contribution in [0.4, 0.5) is 0 Å². The summed E-state index contributed by atoms with van der Waals surface area (Å²) in [6.45, 7) is 2.16. The van der Waals surface area contributed by atoms with E-state index in [4.69, 9.17) is 0 Å². The quantitative estimate of drug-likeness (QED) is 0.509. The lowest BCUT2D eigenvalue weighted by molar-refractivity contribution is -0.0121. The second kappa shape index (κ2) is 4.72. The van der Waals surface area contributed by atoms with Gasteiger partial charge < -0.3 is 15.4 Å². The number of rotatable bonds is 0. The zero-order valence-electron chi connectivity index (χ0n) is 12.9. The zero-order valence-corrected chi connectivity index (χ0v) is 12.9. The van der Waals surface area contributed by atoms with Crippen molar-refractivity contribution in [1.29, 1.82) is 0 Å². The topological polar surface area (TPSA) is 73.1 Å². The van der Waals surface area contributed by atoms with Crippen LogP contribution in [0.3, 0.4) is 0 Å². The molecule has 0 heterocycles. The fourth-order valence-electron chi connectivity index (χ4n) is 5.45. The van der Waals surface area contributed by atoms with Crippen molar-refractivity contribution in [2.75, 3.05) is 0 Å². The van der Waals surface area contributed by atoms with Crippen LogP contribution >= 0.6 is 0 Å². The van der Waals surface area contributed by atoms with E-state index >= 15 is 0 Å². The third kappa shape index (κ3) is 1.76. The van der Waals surface area contributed by atoms with Crippen molar-refractivity contribution in [1.82, 2.24) is 0 Å². The molecule has 2 saturated carbocycles. The van der Waals surface area contributed by atoms with Gasteiger partial charge in [-0.15, -0.1) is 0 Å². The van der Waals surface area contributed by atoms with E-state index in [1.54, 1.807) is 6.07 Å². The smallest absolute Gasteiger partial charge is 0.115 e. The Bertz CT molecular complexity index is 641. The van der Waals surface area contributed by atoms with Gasteiger partial charge in [-0.3, -0.25) is 0 Å². The van der Waals surface area contributed by atoms with Gasteiger partial charge in [0.2, 0.25) is 0 Å². The molecule has 0 radical (unpaired) electrons. The van der Waals surface area contributed by atoms with Gasteiger partial charge in [0, 0.05) is 5.41 Å².